The maximum Gasteiger partial charge on any atom is 0.266 e. The van der Waals surface area contributed by atoms with Gasteiger partial charge in [-0.25, -0.2) is 9.97 Å². The highest BCUT2D eigenvalue weighted by molar-refractivity contribution is 7.21. The lowest BCUT2D eigenvalue weighted by Crippen LogP contribution is -2.39. The number of amides is 1. The third-order valence-corrected chi connectivity index (χ3v) is 4.07. The molecule has 108 valence electrons. The number of ether oxygens (including phenoxy) is 1. The summed E-state index contributed by atoms with van der Waals surface area (Å²) in [5.74, 6) is -0.0978. The monoisotopic (exact) mass is 294 g/mol. The van der Waals surface area contributed by atoms with E-state index in [9.17, 15) is 4.79 Å². The van der Waals surface area contributed by atoms with Gasteiger partial charge in [0.15, 0.2) is 0 Å². The summed E-state index contributed by atoms with van der Waals surface area (Å²) in [6.07, 6.45) is 3.17. The van der Waals surface area contributed by atoms with E-state index in [1.165, 1.54) is 11.3 Å². The molecule has 2 rings (SSSR count). The lowest BCUT2D eigenvalue weighted by molar-refractivity contribution is 0.0641. The van der Waals surface area contributed by atoms with Crippen molar-refractivity contribution in [3.8, 4) is 0 Å². The normalized spacial score (nSPS) is 11.2. The number of nitrogens with two attached hydrogens (primary N) is 1. The SMILES string of the molecule is COCCN(C(=O)c1sc2nccnc2c1N)C(C)C. The average Bonchev–Trinajstić information content (AvgIpc) is 2.76. The highest BCUT2D eigenvalue weighted by Gasteiger charge is 2.24. The van der Waals surface area contributed by atoms with Crippen LogP contribution in [0, 0.1) is 0 Å². The number of hydrogen-bond acceptors (Lipinski definition) is 6. The molecule has 0 saturated carbocycles. The topological polar surface area (TPSA) is 81.3 Å². The summed E-state index contributed by atoms with van der Waals surface area (Å²) in [7, 11) is 1.62. The van der Waals surface area contributed by atoms with Gasteiger partial charge in [0.1, 0.15) is 15.2 Å². The summed E-state index contributed by atoms with van der Waals surface area (Å²) in [6, 6.07) is 0.0724. The second-order valence-corrected chi connectivity index (χ2v) is 5.64. The summed E-state index contributed by atoms with van der Waals surface area (Å²) < 4.78 is 5.05. The van der Waals surface area contributed by atoms with Crippen LogP contribution < -0.4 is 5.73 Å². The van der Waals surface area contributed by atoms with Crippen molar-refractivity contribution in [2.75, 3.05) is 26.0 Å². The number of methoxy groups -OCH3 is 1. The molecule has 0 bridgehead atoms. The van der Waals surface area contributed by atoms with Gasteiger partial charge in [0.2, 0.25) is 0 Å². The molecule has 0 spiro atoms. The van der Waals surface area contributed by atoms with Crippen molar-refractivity contribution in [3.05, 3.63) is 17.3 Å². The van der Waals surface area contributed by atoms with Crippen molar-refractivity contribution in [2.24, 2.45) is 0 Å². The minimum Gasteiger partial charge on any atom is -0.396 e. The fourth-order valence-electron chi connectivity index (χ4n) is 1.92. The summed E-state index contributed by atoms with van der Waals surface area (Å²) in [6.45, 7) is 4.95. The van der Waals surface area contributed by atoms with Crippen LogP contribution in [0.4, 0.5) is 5.69 Å². The Bertz CT molecular complexity index is 611. The predicted molar refractivity (Wildman–Crippen MR) is 79.9 cm³/mol. The van der Waals surface area contributed by atoms with Crippen LogP contribution in [0.3, 0.4) is 0 Å². The van der Waals surface area contributed by atoms with Gasteiger partial charge < -0.3 is 15.4 Å². The fourth-order valence-corrected chi connectivity index (χ4v) is 2.89. The summed E-state index contributed by atoms with van der Waals surface area (Å²) in [4.78, 5) is 23.9. The molecule has 0 aliphatic heterocycles. The van der Waals surface area contributed by atoms with Gasteiger partial charge in [0, 0.05) is 32.1 Å². The molecule has 2 aromatic rings. The fraction of sp³-hybridized carbons (Fsp3) is 0.462. The first-order valence-corrected chi connectivity index (χ1v) is 7.16. The Morgan fingerprint density at radius 2 is 2.15 bits per heavy atom. The van der Waals surface area contributed by atoms with Gasteiger partial charge in [-0.1, -0.05) is 0 Å². The van der Waals surface area contributed by atoms with Crippen LogP contribution in [-0.4, -0.2) is 47.1 Å². The molecule has 2 aromatic heterocycles. The summed E-state index contributed by atoms with van der Waals surface area (Å²) >= 11 is 1.28. The highest BCUT2D eigenvalue weighted by atomic mass is 32.1. The molecule has 1 amide bonds. The van der Waals surface area contributed by atoms with Gasteiger partial charge in [-0.2, -0.15) is 0 Å². The van der Waals surface area contributed by atoms with Gasteiger partial charge in [-0.05, 0) is 13.8 Å². The van der Waals surface area contributed by atoms with Gasteiger partial charge in [-0.3, -0.25) is 4.79 Å². The van der Waals surface area contributed by atoms with Gasteiger partial charge in [-0.15, -0.1) is 11.3 Å². The van der Waals surface area contributed by atoms with Crippen molar-refractivity contribution in [3.63, 3.8) is 0 Å². The van der Waals surface area contributed by atoms with Crippen LogP contribution in [0.15, 0.2) is 12.4 Å². The number of nitrogen functional groups attached to an aromatic ring is 1. The van der Waals surface area contributed by atoms with Crippen LogP contribution in [0.2, 0.25) is 0 Å². The van der Waals surface area contributed by atoms with E-state index < -0.39 is 0 Å². The molecule has 0 atom stereocenters. The van der Waals surface area contributed by atoms with Crippen LogP contribution in [0.1, 0.15) is 23.5 Å². The molecule has 20 heavy (non-hydrogen) atoms. The quantitative estimate of drug-likeness (QED) is 0.909. The van der Waals surface area contributed by atoms with Crippen molar-refractivity contribution >= 4 is 33.3 Å². The minimum absolute atomic E-state index is 0.0724. The molecule has 0 saturated heterocycles. The van der Waals surface area contributed by atoms with E-state index in [0.29, 0.717) is 34.1 Å². The van der Waals surface area contributed by atoms with Gasteiger partial charge in [0.25, 0.3) is 5.91 Å². The molecule has 0 unspecified atom stereocenters. The maximum absolute atomic E-state index is 12.6. The average molecular weight is 294 g/mol. The Morgan fingerprint density at radius 3 is 2.75 bits per heavy atom. The van der Waals surface area contributed by atoms with E-state index >= 15 is 0 Å². The van der Waals surface area contributed by atoms with Crippen molar-refractivity contribution in [1.29, 1.82) is 0 Å². The van der Waals surface area contributed by atoms with Crippen LogP contribution in [0.25, 0.3) is 10.3 Å². The number of rotatable bonds is 5. The first kappa shape index (κ1) is 14.7. The third-order valence-electron chi connectivity index (χ3n) is 2.98. The highest BCUT2D eigenvalue weighted by Crippen LogP contribution is 2.31. The molecule has 0 fully saturated rings. The maximum atomic E-state index is 12.6. The van der Waals surface area contributed by atoms with E-state index in [1.54, 1.807) is 24.4 Å². The second kappa shape index (κ2) is 6.15. The molecule has 0 aliphatic carbocycles. The van der Waals surface area contributed by atoms with Crippen molar-refractivity contribution in [1.82, 2.24) is 14.9 Å². The van der Waals surface area contributed by atoms with E-state index in [4.69, 9.17) is 10.5 Å². The van der Waals surface area contributed by atoms with E-state index in [2.05, 4.69) is 9.97 Å². The molecule has 6 nitrogen and oxygen atoms in total. The zero-order valence-corrected chi connectivity index (χ0v) is 12.6. The molecule has 0 aliphatic rings. The Balaban J connectivity index is 2.36. The first-order valence-electron chi connectivity index (χ1n) is 6.35. The van der Waals surface area contributed by atoms with Crippen LogP contribution >= 0.6 is 11.3 Å². The number of fused-ring (bicyclic) bond motifs is 1. The van der Waals surface area contributed by atoms with Crippen molar-refractivity contribution < 1.29 is 9.53 Å². The smallest absolute Gasteiger partial charge is 0.266 e. The number of hydrogen-bond donors (Lipinski definition) is 1. The Kier molecular flexibility index (Phi) is 4.51. The van der Waals surface area contributed by atoms with E-state index in [-0.39, 0.29) is 11.9 Å². The zero-order valence-electron chi connectivity index (χ0n) is 11.8. The molecular formula is C13H18N4O2S. The standard InChI is InChI=1S/C13H18N4O2S/c1-8(2)17(6-7-19-3)13(18)11-9(14)10-12(20-11)16-5-4-15-10/h4-5,8H,6-7,14H2,1-3H3. The summed E-state index contributed by atoms with van der Waals surface area (Å²) in [5, 5.41) is 0. The Labute approximate surface area is 121 Å². The number of aromatic nitrogens is 2. The van der Waals surface area contributed by atoms with Gasteiger partial charge >= 0.3 is 0 Å². The predicted octanol–water partition coefficient (Wildman–Crippen LogP) is 1.77. The van der Waals surface area contributed by atoms with E-state index in [1.807, 2.05) is 13.8 Å². The number of thiophene rings is 1. The molecule has 2 heterocycles. The Hall–Kier alpha value is -1.73. The van der Waals surface area contributed by atoms with Crippen LogP contribution in [0.5, 0.6) is 0 Å². The second-order valence-electron chi connectivity index (χ2n) is 4.64. The summed E-state index contributed by atoms with van der Waals surface area (Å²) in [5.41, 5.74) is 7.04. The molecule has 7 heteroatoms. The van der Waals surface area contributed by atoms with Gasteiger partial charge in [0.05, 0.1) is 12.3 Å². The molecular weight excluding hydrogens is 276 g/mol. The first-order chi connectivity index (χ1) is 9.56. The number of carbonyl (C=O) groups is 1. The largest absolute Gasteiger partial charge is 0.396 e. The number of carbonyl (C=O) groups excluding carboxylic acids is 1. The van der Waals surface area contributed by atoms with E-state index in [0.717, 1.165) is 0 Å². The number of anilines is 1. The Morgan fingerprint density at radius 1 is 1.45 bits per heavy atom. The van der Waals surface area contributed by atoms with Crippen molar-refractivity contribution in [2.45, 2.75) is 19.9 Å². The molecule has 0 aromatic carbocycles. The molecule has 0 radical (unpaired) electrons. The molecule has 2 N–H and O–H groups in total. The third kappa shape index (κ3) is 2.73. The lowest BCUT2D eigenvalue weighted by Gasteiger charge is -2.26. The minimum atomic E-state index is -0.0978. The lowest BCUT2D eigenvalue weighted by atomic mass is 10.2. The number of nitrogens with zero attached hydrogens (tertiary/aromatic N) is 3. The van der Waals surface area contributed by atoms with Crippen LogP contribution in [-0.2, 0) is 4.74 Å². The zero-order chi connectivity index (χ0) is 14.7.